The highest BCUT2D eigenvalue weighted by Gasteiger charge is 2.18. The summed E-state index contributed by atoms with van der Waals surface area (Å²) >= 11 is 3.10. The van der Waals surface area contributed by atoms with E-state index in [0.29, 0.717) is 5.56 Å². The lowest BCUT2D eigenvalue weighted by Gasteiger charge is -2.20. The van der Waals surface area contributed by atoms with E-state index in [9.17, 15) is 8.78 Å². The summed E-state index contributed by atoms with van der Waals surface area (Å²) in [5.74, 6) is -1.70. The summed E-state index contributed by atoms with van der Waals surface area (Å²) in [6.07, 6.45) is 0.963. The Hall–Kier alpha value is -0.740. The zero-order valence-corrected chi connectivity index (χ0v) is 11.6. The second kappa shape index (κ2) is 6.26. The van der Waals surface area contributed by atoms with Crippen molar-refractivity contribution >= 4 is 15.9 Å². The first-order valence-electron chi connectivity index (χ1n) is 5.51. The van der Waals surface area contributed by atoms with Gasteiger partial charge in [-0.1, -0.05) is 25.1 Å². The van der Waals surface area contributed by atoms with Crippen LogP contribution < -0.4 is 5.32 Å². The molecule has 1 atom stereocenters. The van der Waals surface area contributed by atoms with Crippen LogP contribution in [0.3, 0.4) is 0 Å². The van der Waals surface area contributed by atoms with Crippen molar-refractivity contribution in [2.75, 3.05) is 6.54 Å². The van der Waals surface area contributed by atoms with Crippen molar-refractivity contribution in [3.05, 3.63) is 46.0 Å². The lowest BCUT2D eigenvalue weighted by atomic mass is 10.0. The minimum Gasteiger partial charge on any atom is -0.307 e. The fraction of sp³-hybridized carbons (Fsp3) is 0.385. The second-order valence-corrected chi connectivity index (χ2v) is 4.79. The molecular weight excluding hydrogens is 288 g/mol. The highest BCUT2D eigenvalue weighted by molar-refractivity contribution is 9.10. The molecule has 0 heterocycles. The number of benzene rings is 1. The maximum Gasteiger partial charge on any atom is 0.173 e. The van der Waals surface area contributed by atoms with E-state index in [0.717, 1.165) is 24.6 Å². The smallest absolute Gasteiger partial charge is 0.173 e. The maximum absolute atomic E-state index is 13.5. The first-order chi connectivity index (χ1) is 7.99. The average Bonchev–Trinajstić information content (AvgIpc) is 2.28. The molecule has 1 aromatic carbocycles. The lowest BCUT2D eigenvalue weighted by molar-refractivity contribution is 0.497. The van der Waals surface area contributed by atoms with E-state index in [1.807, 2.05) is 13.8 Å². The van der Waals surface area contributed by atoms with Crippen LogP contribution in [0.1, 0.15) is 31.9 Å². The van der Waals surface area contributed by atoms with E-state index in [-0.39, 0.29) is 10.5 Å². The Kier molecular flexibility index (Phi) is 5.28. The summed E-state index contributed by atoms with van der Waals surface area (Å²) in [6.45, 7) is 8.58. The molecule has 1 unspecified atom stereocenters. The van der Waals surface area contributed by atoms with Crippen molar-refractivity contribution < 1.29 is 8.78 Å². The van der Waals surface area contributed by atoms with Gasteiger partial charge in [0, 0.05) is 0 Å². The van der Waals surface area contributed by atoms with Gasteiger partial charge in [-0.3, -0.25) is 0 Å². The number of halogens is 3. The molecule has 0 amide bonds. The molecular formula is C13H16BrF2N. The molecule has 0 fully saturated rings. The van der Waals surface area contributed by atoms with Gasteiger partial charge in [0.15, 0.2) is 11.6 Å². The van der Waals surface area contributed by atoms with Gasteiger partial charge in [-0.05, 0) is 47.4 Å². The fourth-order valence-corrected chi connectivity index (χ4v) is 2.15. The molecule has 0 aliphatic heterocycles. The van der Waals surface area contributed by atoms with Crippen LogP contribution in [0, 0.1) is 11.6 Å². The normalized spacial score (nSPS) is 12.5. The van der Waals surface area contributed by atoms with Gasteiger partial charge in [0.25, 0.3) is 0 Å². The summed E-state index contributed by atoms with van der Waals surface area (Å²) < 4.78 is 26.6. The molecule has 94 valence electrons. The number of nitrogens with one attached hydrogen (secondary N) is 1. The van der Waals surface area contributed by atoms with Gasteiger partial charge in [-0.25, -0.2) is 8.78 Å². The summed E-state index contributed by atoms with van der Waals surface area (Å²) in [5, 5.41) is 3.25. The Balaban J connectivity index is 3.10. The van der Waals surface area contributed by atoms with Gasteiger partial charge in [0.2, 0.25) is 0 Å². The van der Waals surface area contributed by atoms with Crippen LogP contribution in [0.15, 0.2) is 28.8 Å². The quantitative estimate of drug-likeness (QED) is 0.630. The van der Waals surface area contributed by atoms with E-state index < -0.39 is 11.6 Å². The molecule has 0 aromatic heterocycles. The van der Waals surface area contributed by atoms with Crippen molar-refractivity contribution in [3.8, 4) is 0 Å². The third kappa shape index (κ3) is 3.36. The first kappa shape index (κ1) is 14.3. The lowest BCUT2D eigenvalue weighted by Crippen LogP contribution is -2.23. The summed E-state index contributed by atoms with van der Waals surface area (Å²) in [7, 11) is 0. The Bertz CT molecular complexity index is 418. The summed E-state index contributed by atoms with van der Waals surface area (Å²) in [5.41, 5.74) is 1.54. The molecule has 17 heavy (non-hydrogen) atoms. The molecule has 0 aliphatic rings. The van der Waals surface area contributed by atoms with Gasteiger partial charge in [-0.2, -0.15) is 0 Å². The molecule has 1 rings (SSSR count). The minimum atomic E-state index is -0.855. The Labute approximate surface area is 109 Å². The highest BCUT2D eigenvalue weighted by atomic mass is 79.9. The summed E-state index contributed by atoms with van der Waals surface area (Å²) in [4.78, 5) is 0. The van der Waals surface area contributed by atoms with Crippen molar-refractivity contribution in [1.82, 2.24) is 5.32 Å². The molecule has 1 N–H and O–H groups in total. The van der Waals surface area contributed by atoms with Crippen LogP contribution in [0.4, 0.5) is 8.78 Å². The minimum absolute atomic E-state index is 0.161. The Morgan fingerprint density at radius 1 is 1.47 bits per heavy atom. The third-order valence-corrected chi connectivity index (χ3v) is 3.27. The zero-order valence-electron chi connectivity index (χ0n) is 9.99. The third-order valence-electron chi connectivity index (χ3n) is 2.47. The average molecular weight is 304 g/mol. The molecule has 0 saturated heterocycles. The monoisotopic (exact) mass is 303 g/mol. The van der Waals surface area contributed by atoms with Crippen LogP contribution >= 0.6 is 15.9 Å². The van der Waals surface area contributed by atoms with E-state index in [4.69, 9.17) is 0 Å². The molecule has 0 aliphatic carbocycles. The van der Waals surface area contributed by atoms with E-state index in [1.54, 1.807) is 6.07 Å². The van der Waals surface area contributed by atoms with Crippen LogP contribution in [-0.2, 0) is 0 Å². The van der Waals surface area contributed by atoms with E-state index in [2.05, 4.69) is 27.8 Å². The van der Waals surface area contributed by atoms with Crippen molar-refractivity contribution in [3.63, 3.8) is 0 Å². The van der Waals surface area contributed by atoms with Crippen molar-refractivity contribution in [1.29, 1.82) is 0 Å². The van der Waals surface area contributed by atoms with Gasteiger partial charge in [-0.15, -0.1) is 0 Å². The van der Waals surface area contributed by atoms with Crippen LogP contribution in [0.2, 0.25) is 0 Å². The molecule has 0 radical (unpaired) electrons. The second-order valence-electron chi connectivity index (χ2n) is 4.00. The maximum atomic E-state index is 13.5. The molecule has 0 bridgehead atoms. The first-order valence-corrected chi connectivity index (χ1v) is 6.30. The zero-order chi connectivity index (χ0) is 13.0. The van der Waals surface area contributed by atoms with Gasteiger partial charge >= 0.3 is 0 Å². The SMILES string of the molecule is C=C(C)C(NCCC)c1ccc(F)c(F)c1Br. The van der Waals surface area contributed by atoms with Crippen LogP contribution in [0.5, 0.6) is 0 Å². The topological polar surface area (TPSA) is 12.0 Å². The van der Waals surface area contributed by atoms with Gasteiger partial charge < -0.3 is 5.32 Å². The molecule has 1 aromatic rings. The van der Waals surface area contributed by atoms with E-state index >= 15 is 0 Å². The number of hydrogen-bond donors (Lipinski definition) is 1. The van der Waals surface area contributed by atoms with E-state index in [1.165, 1.54) is 0 Å². The van der Waals surface area contributed by atoms with Gasteiger partial charge in [0.05, 0.1) is 10.5 Å². The Morgan fingerprint density at radius 2 is 2.12 bits per heavy atom. The number of rotatable bonds is 5. The predicted molar refractivity (Wildman–Crippen MR) is 69.9 cm³/mol. The van der Waals surface area contributed by atoms with Crippen molar-refractivity contribution in [2.24, 2.45) is 0 Å². The Morgan fingerprint density at radius 3 is 2.65 bits per heavy atom. The predicted octanol–water partition coefficient (Wildman–Crippen LogP) is 4.34. The standard InChI is InChI=1S/C13H16BrF2N/c1-4-7-17-13(8(2)3)9-5-6-10(15)12(16)11(9)14/h5-6,13,17H,2,4,7H2,1,3H3. The molecule has 1 nitrogen and oxygen atoms in total. The molecule has 0 spiro atoms. The number of hydrogen-bond acceptors (Lipinski definition) is 1. The fourth-order valence-electron chi connectivity index (χ4n) is 1.60. The van der Waals surface area contributed by atoms with Crippen LogP contribution in [0.25, 0.3) is 0 Å². The van der Waals surface area contributed by atoms with Crippen molar-refractivity contribution in [2.45, 2.75) is 26.3 Å². The van der Waals surface area contributed by atoms with Gasteiger partial charge in [0.1, 0.15) is 0 Å². The summed E-state index contributed by atoms with van der Waals surface area (Å²) in [6, 6.07) is 2.54. The van der Waals surface area contributed by atoms with Crippen LogP contribution in [-0.4, -0.2) is 6.54 Å². The highest BCUT2D eigenvalue weighted by Crippen LogP contribution is 2.30. The largest absolute Gasteiger partial charge is 0.307 e. The molecule has 4 heteroatoms. The molecule has 0 saturated carbocycles.